The van der Waals surface area contributed by atoms with E-state index in [1.54, 1.807) is 10.9 Å². The van der Waals surface area contributed by atoms with E-state index in [0.29, 0.717) is 0 Å². The van der Waals surface area contributed by atoms with E-state index in [1.807, 2.05) is 91.0 Å². The lowest BCUT2D eigenvalue weighted by atomic mass is 9.80. The van der Waals surface area contributed by atoms with Crippen LogP contribution in [0.25, 0.3) is 0 Å². The number of hydrogen-bond acceptors (Lipinski definition) is 5. The van der Waals surface area contributed by atoms with Crippen LogP contribution in [0.4, 0.5) is 0 Å². The number of aliphatic carboxylic acids is 1. The molecule has 0 radical (unpaired) electrons. The molecule has 0 saturated heterocycles. The molecule has 0 saturated carbocycles. The minimum atomic E-state index is -1.20. The van der Waals surface area contributed by atoms with Gasteiger partial charge in [-0.1, -0.05) is 96.2 Å². The van der Waals surface area contributed by atoms with E-state index < -0.39 is 11.6 Å². The first kappa shape index (κ1) is 19.5. The Hall–Kier alpha value is -3.77. The summed E-state index contributed by atoms with van der Waals surface area (Å²) in [6, 6.07) is 28.9. The van der Waals surface area contributed by atoms with E-state index in [-0.39, 0.29) is 11.4 Å². The van der Waals surface area contributed by atoms with Crippen LogP contribution in [0.3, 0.4) is 0 Å². The zero-order valence-electron chi connectivity index (χ0n) is 15.9. The normalized spacial score (nSPS) is 11.8. The Balaban J connectivity index is 1.95. The van der Waals surface area contributed by atoms with Gasteiger partial charge in [0.25, 0.3) is 0 Å². The largest absolute Gasteiger partial charge is 0.476 e. The molecule has 148 valence electrons. The summed E-state index contributed by atoms with van der Waals surface area (Å²) in [6.45, 7) is 0. The second kappa shape index (κ2) is 8.71. The van der Waals surface area contributed by atoms with Crippen LogP contribution in [0, 0.1) is 0 Å². The minimum absolute atomic E-state index is 0.247. The molecule has 0 aliphatic heterocycles. The first-order valence-corrected chi connectivity index (χ1v) is 10.2. The molecule has 5 nitrogen and oxygen atoms in total. The first-order valence-electron chi connectivity index (χ1n) is 9.26. The molecule has 30 heavy (non-hydrogen) atoms. The average Bonchev–Trinajstić information content (AvgIpc) is 3.33. The van der Waals surface area contributed by atoms with Crippen LogP contribution >= 0.6 is 11.3 Å². The van der Waals surface area contributed by atoms with Gasteiger partial charge < -0.3 is 9.94 Å². The third-order valence-corrected chi connectivity index (χ3v) is 5.28. The highest BCUT2D eigenvalue weighted by atomic mass is 32.1. The highest BCUT2D eigenvalue weighted by Gasteiger charge is 2.40. The predicted molar refractivity (Wildman–Crippen MR) is 117 cm³/mol. The third-order valence-electron chi connectivity index (χ3n) is 4.69. The summed E-state index contributed by atoms with van der Waals surface area (Å²) in [7, 11) is 0. The molecule has 4 aromatic rings. The maximum atomic E-state index is 11.9. The lowest BCUT2D eigenvalue weighted by molar-refractivity contribution is -0.129. The SMILES string of the molecule is O=C(O)/C(=N\OC(c1ccccc1)(c1ccccc1)c1ccccc1)c1cscn1. The number of benzene rings is 3. The maximum Gasteiger partial charge on any atom is 0.360 e. The van der Waals surface area contributed by atoms with Crippen molar-refractivity contribution in [3.63, 3.8) is 0 Å². The Morgan fingerprint density at radius 1 is 0.833 bits per heavy atom. The van der Waals surface area contributed by atoms with Crippen molar-refractivity contribution in [3.05, 3.63) is 124 Å². The van der Waals surface area contributed by atoms with Gasteiger partial charge in [0.2, 0.25) is 11.3 Å². The summed E-state index contributed by atoms with van der Waals surface area (Å²) in [5.74, 6) is -1.20. The summed E-state index contributed by atoms with van der Waals surface area (Å²) >= 11 is 1.30. The van der Waals surface area contributed by atoms with Crippen molar-refractivity contribution < 1.29 is 14.7 Å². The van der Waals surface area contributed by atoms with E-state index in [4.69, 9.17) is 4.84 Å². The highest BCUT2D eigenvalue weighted by Crippen LogP contribution is 2.40. The number of thiazole rings is 1. The van der Waals surface area contributed by atoms with Gasteiger partial charge in [-0.2, -0.15) is 0 Å². The summed E-state index contributed by atoms with van der Waals surface area (Å²) < 4.78 is 0. The number of nitrogens with zero attached hydrogens (tertiary/aromatic N) is 2. The Labute approximate surface area is 177 Å². The number of rotatable bonds is 7. The van der Waals surface area contributed by atoms with Crippen LogP contribution in [0.15, 0.2) is 107 Å². The lowest BCUT2D eigenvalue weighted by Crippen LogP contribution is -2.32. The van der Waals surface area contributed by atoms with Crippen molar-refractivity contribution in [3.8, 4) is 0 Å². The Morgan fingerprint density at radius 3 is 1.67 bits per heavy atom. The van der Waals surface area contributed by atoms with Gasteiger partial charge in [0.05, 0.1) is 5.51 Å². The van der Waals surface area contributed by atoms with Gasteiger partial charge in [0.1, 0.15) is 5.69 Å². The fourth-order valence-corrected chi connectivity index (χ4v) is 3.85. The van der Waals surface area contributed by atoms with E-state index in [2.05, 4.69) is 10.1 Å². The van der Waals surface area contributed by atoms with Crippen LogP contribution < -0.4 is 0 Å². The molecule has 4 rings (SSSR count). The number of oxime groups is 1. The van der Waals surface area contributed by atoms with Crippen LogP contribution in [0.2, 0.25) is 0 Å². The zero-order valence-corrected chi connectivity index (χ0v) is 16.7. The molecule has 0 atom stereocenters. The monoisotopic (exact) mass is 414 g/mol. The molecule has 0 aliphatic carbocycles. The molecule has 0 amide bonds. The number of carboxylic acid groups (broad SMARTS) is 1. The fraction of sp³-hybridized carbons (Fsp3) is 0.0417. The maximum absolute atomic E-state index is 11.9. The number of aromatic nitrogens is 1. The van der Waals surface area contributed by atoms with Crippen LogP contribution in [-0.4, -0.2) is 21.8 Å². The van der Waals surface area contributed by atoms with Crippen molar-refractivity contribution in [2.24, 2.45) is 5.16 Å². The van der Waals surface area contributed by atoms with Crippen LogP contribution in [0.5, 0.6) is 0 Å². The highest BCUT2D eigenvalue weighted by molar-refractivity contribution is 7.07. The van der Waals surface area contributed by atoms with Gasteiger partial charge in [-0.3, -0.25) is 0 Å². The van der Waals surface area contributed by atoms with Gasteiger partial charge in [0, 0.05) is 22.1 Å². The Kier molecular flexibility index (Phi) is 5.68. The Morgan fingerprint density at radius 2 is 1.30 bits per heavy atom. The van der Waals surface area contributed by atoms with Gasteiger partial charge in [-0.25, -0.2) is 9.78 Å². The van der Waals surface area contributed by atoms with E-state index >= 15 is 0 Å². The van der Waals surface area contributed by atoms with Crippen molar-refractivity contribution in [2.75, 3.05) is 0 Å². The molecule has 1 heterocycles. The second-order valence-corrected chi connectivity index (χ2v) is 7.21. The van der Waals surface area contributed by atoms with E-state index in [9.17, 15) is 9.90 Å². The molecule has 3 aromatic carbocycles. The van der Waals surface area contributed by atoms with Gasteiger partial charge >= 0.3 is 5.97 Å². The molecular weight excluding hydrogens is 396 g/mol. The molecule has 1 N–H and O–H groups in total. The molecule has 0 fully saturated rings. The minimum Gasteiger partial charge on any atom is -0.476 e. The van der Waals surface area contributed by atoms with Crippen molar-refractivity contribution in [2.45, 2.75) is 5.60 Å². The quantitative estimate of drug-likeness (QED) is 0.264. The van der Waals surface area contributed by atoms with Crippen LogP contribution in [-0.2, 0) is 15.2 Å². The zero-order chi connectivity index (χ0) is 20.8. The number of carbonyl (C=O) groups is 1. The van der Waals surface area contributed by atoms with E-state index in [0.717, 1.165) is 16.7 Å². The molecule has 0 bridgehead atoms. The summed E-state index contributed by atoms with van der Waals surface area (Å²) in [5.41, 5.74) is 2.92. The standard InChI is InChI=1S/C24H18N2O3S/c27-23(28)22(21-16-30-17-25-21)26-29-24(18-10-4-1-5-11-18,19-12-6-2-7-13-19)20-14-8-3-9-15-20/h1-17H,(H,27,28)/b26-22-. The molecular formula is C24H18N2O3S. The lowest BCUT2D eigenvalue weighted by Gasteiger charge is -2.33. The molecule has 0 unspecified atom stereocenters. The fourth-order valence-electron chi connectivity index (χ4n) is 3.32. The first-order chi connectivity index (χ1) is 14.7. The molecule has 0 spiro atoms. The Bertz CT molecular complexity index is 1030. The van der Waals surface area contributed by atoms with Crippen LogP contribution in [0.1, 0.15) is 22.4 Å². The second-order valence-electron chi connectivity index (χ2n) is 6.49. The van der Waals surface area contributed by atoms with Crippen molar-refractivity contribution >= 4 is 23.0 Å². The third kappa shape index (κ3) is 3.73. The summed E-state index contributed by atoms with van der Waals surface area (Å²) in [6.07, 6.45) is 0. The van der Waals surface area contributed by atoms with Gasteiger partial charge in [-0.05, 0) is 0 Å². The number of carboxylic acids is 1. The summed E-state index contributed by atoms with van der Waals surface area (Å²) in [4.78, 5) is 22.2. The van der Waals surface area contributed by atoms with E-state index in [1.165, 1.54) is 11.3 Å². The van der Waals surface area contributed by atoms with Crippen molar-refractivity contribution in [1.29, 1.82) is 0 Å². The average molecular weight is 414 g/mol. The van der Waals surface area contributed by atoms with Gasteiger partial charge in [0.15, 0.2) is 0 Å². The molecule has 6 heteroatoms. The molecule has 1 aromatic heterocycles. The topological polar surface area (TPSA) is 71.8 Å². The number of hydrogen-bond donors (Lipinski definition) is 1. The van der Waals surface area contributed by atoms with Crippen molar-refractivity contribution in [1.82, 2.24) is 4.98 Å². The predicted octanol–water partition coefficient (Wildman–Crippen LogP) is 4.94. The molecule has 0 aliphatic rings. The smallest absolute Gasteiger partial charge is 0.360 e. The summed E-state index contributed by atoms with van der Waals surface area (Å²) in [5, 5.41) is 15.5. The van der Waals surface area contributed by atoms with Gasteiger partial charge in [-0.15, -0.1) is 11.3 Å².